The quantitative estimate of drug-likeness (QED) is 0.637. The Kier molecular flexibility index (Phi) is 5.68. The van der Waals surface area contributed by atoms with Gasteiger partial charge in [-0.3, -0.25) is 4.79 Å². The second-order valence-corrected chi connectivity index (χ2v) is 9.97. The number of amides is 1. The van der Waals surface area contributed by atoms with Gasteiger partial charge in [0.1, 0.15) is 5.82 Å². The van der Waals surface area contributed by atoms with E-state index in [2.05, 4.69) is 5.32 Å². The average Bonchev–Trinajstić information content (AvgIpc) is 3.36. The highest BCUT2D eigenvalue weighted by atomic mass is 32.2. The molecule has 3 aromatic rings. The predicted octanol–water partition coefficient (Wildman–Crippen LogP) is 3.64. The number of para-hydroxylation sites is 1. The highest BCUT2D eigenvalue weighted by molar-refractivity contribution is 7.89. The molecule has 4 rings (SSSR count). The average molecular weight is 439 g/mol. The molecule has 1 N–H and O–H groups in total. The number of rotatable bonds is 6. The van der Waals surface area contributed by atoms with Crippen molar-refractivity contribution in [1.29, 1.82) is 0 Å². The number of aromatic nitrogens is 2. The molecule has 1 amide bonds. The second kappa shape index (κ2) is 8.28. The maximum Gasteiger partial charge on any atom is 0.256 e. The van der Waals surface area contributed by atoms with Crippen molar-refractivity contribution in [2.75, 3.05) is 12.4 Å². The van der Waals surface area contributed by atoms with Gasteiger partial charge >= 0.3 is 0 Å². The molecule has 0 saturated carbocycles. The van der Waals surface area contributed by atoms with E-state index in [4.69, 9.17) is 5.10 Å². The fourth-order valence-electron chi connectivity index (χ4n) is 3.68. The van der Waals surface area contributed by atoms with Crippen molar-refractivity contribution in [3.05, 3.63) is 71.4 Å². The van der Waals surface area contributed by atoms with Crippen LogP contribution in [0.25, 0.3) is 5.69 Å². The van der Waals surface area contributed by atoms with Gasteiger partial charge in [-0.1, -0.05) is 18.2 Å². The van der Waals surface area contributed by atoms with Gasteiger partial charge in [0, 0.05) is 24.2 Å². The maximum absolute atomic E-state index is 13.0. The van der Waals surface area contributed by atoms with E-state index in [9.17, 15) is 13.2 Å². The summed E-state index contributed by atoms with van der Waals surface area (Å²) in [4.78, 5) is 13.1. The van der Waals surface area contributed by atoms with Gasteiger partial charge < -0.3 is 5.32 Å². The molecule has 8 heteroatoms. The van der Waals surface area contributed by atoms with Crippen molar-refractivity contribution in [2.24, 2.45) is 0 Å². The number of aryl methyl sites for hydroxylation is 1. The fraction of sp³-hybridized carbons (Fsp3) is 0.304. The minimum atomic E-state index is -3.59. The zero-order valence-corrected chi connectivity index (χ0v) is 18.7. The Morgan fingerprint density at radius 3 is 2.39 bits per heavy atom. The van der Waals surface area contributed by atoms with Crippen molar-refractivity contribution < 1.29 is 13.2 Å². The molecule has 0 atom stereocenters. The molecule has 0 fully saturated rings. The third kappa shape index (κ3) is 4.00. The predicted molar refractivity (Wildman–Crippen MR) is 120 cm³/mol. The van der Waals surface area contributed by atoms with E-state index < -0.39 is 10.0 Å². The lowest BCUT2D eigenvalue weighted by Crippen LogP contribution is -2.33. The first-order valence-electron chi connectivity index (χ1n) is 10.3. The van der Waals surface area contributed by atoms with Gasteiger partial charge in [-0.05, 0) is 69.5 Å². The molecule has 0 bridgehead atoms. The Morgan fingerprint density at radius 2 is 1.74 bits per heavy atom. The Balaban J connectivity index is 1.61. The van der Waals surface area contributed by atoms with Crippen molar-refractivity contribution in [1.82, 2.24) is 14.1 Å². The molecule has 1 aliphatic rings. The molecule has 0 spiro atoms. The van der Waals surface area contributed by atoms with Crippen LogP contribution in [0.5, 0.6) is 0 Å². The van der Waals surface area contributed by atoms with Crippen molar-refractivity contribution >= 4 is 21.7 Å². The molecule has 1 aliphatic carbocycles. The smallest absolute Gasteiger partial charge is 0.256 e. The zero-order chi connectivity index (χ0) is 22.2. The molecule has 1 heterocycles. The molecule has 0 unspecified atom stereocenters. The lowest BCUT2D eigenvalue weighted by molar-refractivity contribution is 0.102. The Hall–Kier alpha value is -2.97. The zero-order valence-electron chi connectivity index (χ0n) is 17.9. The van der Waals surface area contributed by atoms with E-state index >= 15 is 0 Å². The maximum atomic E-state index is 13.0. The summed E-state index contributed by atoms with van der Waals surface area (Å²) in [5, 5.41) is 7.71. The van der Waals surface area contributed by atoms with Gasteiger partial charge in [0.05, 0.1) is 16.3 Å². The van der Waals surface area contributed by atoms with Crippen LogP contribution >= 0.6 is 0 Å². The number of hydrogen-bond donors (Lipinski definition) is 1. The van der Waals surface area contributed by atoms with E-state index in [0.29, 0.717) is 11.4 Å². The van der Waals surface area contributed by atoms with Gasteiger partial charge in [-0.2, -0.15) is 9.40 Å². The van der Waals surface area contributed by atoms with E-state index in [1.165, 1.54) is 16.4 Å². The van der Waals surface area contributed by atoms with Crippen molar-refractivity contribution in [3.8, 4) is 5.69 Å². The lowest BCUT2D eigenvalue weighted by Gasteiger charge is -2.21. The van der Waals surface area contributed by atoms with Crippen LogP contribution in [0.15, 0.2) is 59.5 Å². The van der Waals surface area contributed by atoms with Gasteiger partial charge in [-0.15, -0.1) is 0 Å². The van der Waals surface area contributed by atoms with Crippen LogP contribution in [0, 0.1) is 0 Å². The summed E-state index contributed by atoms with van der Waals surface area (Å²) in [5.41, 5.74) is 3.34. The summed E-state index contributed by atoms with van der Waals surface area (Å²) < 4.78 is 28.4. The highest BCUT2D eigenvalue weighted by Crippen LogP contribution is 2.31. The Morgan fingerprint density at radius 1 is 1.06 bits per heavy atom. The molecule has 0 radical (unpaired) electrons. The molecule has 31 heavy (non-hydrogen) atoms. The van der Waals surface area contributed by atoms with Gasteiger partial charge in [0.2, 0.25) is 10.0 Å². The summed E-state index contributed by atoms with van der Waals surface area (Å²) in [6.45, 7) is 3.63. The molecule has 0 saturated heterocycles. The van der Waals surface area contributed by atoms with Crippen LogP contribution < -0.4 is 5.32 Å². The number of carbonyl (C=O) groups is 1. The van der Waals surface area contributed by atoms with Crippen LogP contribution in [0.1, 0.15) is 41.9 Å². The molecule has 1 aromatic heterocycles. The SMILES string of the molecule is CC(C)N(C)S(=O)(=O)c1ccc(C(=O)Nc2c3c(nn2-c2ccccc2)CCC3)cc1. The number of anilines is 1. The summed E-state index contributed by atoms with van der Waals surface area (Å²) in [6.07, 6.45) is 2.79. The summed E-state index contributed by atoms with van der Waals surface area (Å²) in [5.74, 6) is 0.382. The first-order chi connectivity index (χ1) is 14.8. The first-order valence-corrected chi connectivity index (χ1v) is 11.8. The number of fused-ring (bicyclic) bond motifs is 1. The normalized spacial score (nSPS) is 13.6. The second-order valence-electron chi connectivity index (χ2n) is 7.97. The van der Waals surface area contributed by atoms with E-state index in [1.54, 1.807) is 23.9 Å². The van der Waals surface area contributed by atoms with Crippen LogP contribution in [0.3, 0.4) is 0 Å². The fourth-order valence-corrected chi connectivity index (χ4v) is 5.05. The number of benzene rings is 2. The number of nitrogens with zero attached hydrogens (tertiary/aromatic N) is 3. The topological polar surface area (TPSA) is 84.3 Å². The lowest BCUT2D eigenvalue weighted by atomic mass is 10.2. The molecule has 162 valence electrons. The van der Waals surface area contributed by atoms with Gasteiger partial charge in [0.25, 0.3) is 5.91 Å². The van der Waals surface area contributed by atoms with Crippen molar-refractivity contribution in [3.63, 3.8) is 0 Å². The van der Waals surface area contributed by atoms with E-state index in [0.717, 1.165) is 36.2 Å². The molecule has 7 nitrogen and oxygen atoms in total. The molecular weight excluding hydrogens is 412 g/mol. The van der Waals surface area contributed by atoms with Crippen LogP contribution in [-0.2, 0) is 22.9 Å². The Labute approximate surface area is 182 Å². The number of nitrogens with one attached hydrogen (secondary N) is 1. The van der Waals surface area contributed by atoms with Crippen LogP contribution in [0.2, 0.25) is 0 Å². The number of sulfonamides is 1. The third-order valence-electron chi connectivity index (χ3n) is 5.66. The minimum Gasteiger partial charge on any atom is -0.306 e. The molecular formula is C23H26N4O3S. The Bertz CT molecular complexity index is 1200. The summed E-state index contributed by atoms with van der Waals surface area (Å²) >= 11 is 0. The summed E-state index contributed by atoms with van der Waals surface area (Å²) in [6, 6.07) is 15.6. The monoisotopic (exact) mass is 438 g/mol. The third-order valence-corrected chi connectivity index (χ3v) is 7.71. The van der Waals surface area contributed by atoms with Gasteiger partial charge in [0.15, 0.2) is 0 Å². The van der Waals surface area contributed by atoms with Crippen LogP contribution in [0.4, 0.5) is 5.82 Å². The molecule has 0 aliphatic heterocycles. The summed E-state index contributed by atoms with van der Waals surface area (Å²) in [7, 11) is -2.05. The van der Waals surface area contributed by atoms with E-state index in [1.807, 2.05) is 44.2 Å². The number of carbonyl (C=O) groups excluding carboxylic acids is 1. The molecule has 2 aromatic carbocycles. The van der Waals surface area contributed by atoms with Crippen molar-refractivity contribution in [2.45, 2.75) is 44.0 Å². The van der Waals surface area contributed by atoms with Gasteiger partial charge in [-0.25, -0.2) is 13.1 Å². The van der Waals surface area contributed by atoms with Crippen LogP contribution in [-0.4, -0.2) is 41.5 Å². The minimum absolute atomic E-state index is 0.159. The highest BCUT2D eigenvalue weighted by Gasteiger charge is 2.26. The number of hydrogen-bond acceptors (Lipinski definition) is 4. The standard InChI is InChI=1S/C23H26N4O3S/c1-16(2)26(3)31(29,30)19-14-12-17(13-15-19)23(28)24-22-20-10-7-11-21(20)25-27(22)18-8-5-4-6-9-18/h4-6,8-9,12-16H,7,10-11H2,1-3H3,(H,24,28). The first kappa shape index (κ1) is 21.3. The largest absolute Gasteiger partial charge is 0.306 e. The van der Waals surface area contributed by atoms with E-state index in [-0.39, 0.29) is 16.8 Å².